The number of aromatic nitrogens is 1. The molecular formula is C19H25N2O5+. The van der Waals surface area contributed by atoms with Crippen LogP contribution >= 0.6 is 0 Å². The predicted octanol–water partition coefficient (Wildman–Crippen LogP) is 1.75. The third kappa shape index (κ3) is 4.62. The maximum absolute atomic E-state index is 12.4. The van der Waals surface area contributed by atoms with Crippen molar-refractivity contribution in [3.63, 3.8) is 0 Å². The maximum Gasteiger partial charge on any atom is 0.305 e. The van der Waals surface area contributed by atoms with E-state index in [2.05, 4.69) is 5.32 Å². The summed E-state index contributed by atoms with van der Waals surface area (Å²) >= 11 is 0. The molecule has 0 unspecified atom stereocenters. The van der Waals surface area contributed by atoms with Crippen molar-refractivity contribution in [2.75, 3.05) is 27.4 Å². The zero-order chi connectivity index (χ0) is 19.1. The Labute approximate surface area is 152 Å². The SMILES string of the molecule is CCOC(=O)CCCNC(=O)c1cc2cc(OC)c(OC)cc2[n+](C)c1. The van der Waals surface area contributed by atoms with Crippen LogP contribution in [0.1, 0.15) is 30.1 Å². The molecule has 0 radical (unpaired) electrons. The van der Waals surface area contributed by atoms with Crippen LogP contribution in [0.5, 0.6) is 11.5 Å². The van der Waals surface area contributed by atoms with Gasteiger partial charge in [0.05, 0.1) is 32.3 Å². The first-order valence-electron chi connectivity index (χ1n) is 8.49. The van der Waals surface area contributed by atoms with E-state index < -0.39 is 0 Å². The Bertz CT molecular complexity index is 804. The second-order valence-electron chi connectivity index (χ2n) is 5.77. The third-order valence-electron chi connectivity index (χ3n) is 3.97. The van der Waals surface area contributed by atoms with Gasteiger partial charge in [-0.3, -0.25) is 9.59 Å². The van der Waals surface area contributed by atoms with Crippen LogP contribution in [0.4, 0.5) is 0 Å². The molecule has 1 heterocycles. The summed E-state index contributed by atoms with van der Waals surface area (Å²) < 4.78 is 17.4. The minimum absolute atomic E-state index is 0.193. The molecule has 0 bridgehead atoms. The van der Waals surface area contributed by atoms with E-state index >= 15 is 0 Å². The second kappa shape index (κ2) is 9.03. The average molecular weight is 361 g/mol. The number of carbonyl (C=O) groups excluding carboxylic acids is 2. The average Bonchev–Trinajstić information content (AvgIpc) is 2.64. The molecule has 2 aromatic rings. The molecule has 0 saturated carbocycles. The Morgan fingerprint density at radius 3 is 2.46 bits per heavy atom. The molecule has 0 spiro atoms. The lowest BCUT2D eigenvalue weighted by Crippen LogP contribution is -2.33. The maximum atomic E-state index is 12.4. The Kier molecular flexibility index (Phi) is 6.77. The largest absolute Gasteiger partial charge is 0.493 e. The van der Waals surface area contributed by atoms with Gasteiger partial charge in [0.1, 0.15) is 12.6 Å². The molecule has 0 saturated heterocycles. The normalized spacial score (nSPS) is 10.5. The van der Waals surface area contributed by atoms with Crippen LogP contribution < -0.4 is 19.4 Å². The van der Waals surface area contributed by atoms with Gasteiger partial charge in [-0.15, -0.1) is 0 Å². The number of carbonyl (C=O) groups is 2. The van der Waals surface area contributed by atoms with Gasteiger partial charge in [0, 0.05) is 13.0 Å². The number of amides is 1. The van der Waals surface area contributed by atoms with Gasteiger partial charge < -0.3 is 19.5 Å². The highest BCUT2D eigenvalue weighted by Gasteiger charge is 2.17. The number of esters is 1. The summed E-state index contributed by atoms with van der Waals surface area (Å²) in [6.45, 7) is 2.54. The lowest BCUT2D eigenvalue weighted by Gasteiger charge is -2.09. The number of ether oxygens (including phenoxy) is 3. The fourth-order valence-electron chi connectivity index (χ4n) is 2.68. The Hall–Kier alpha value is -2.83. The molecule has 7 heteroatoms. The van der Waals surface area contributed by atoms with Crippen molar-refractivity contribution in [3.8, 4) is 11.5 Å². The standard InChI is InChI=1S/C19H24N2O5/c1-5-26-18(22)7-6-8-20-19(23)14-9-13-10-16(24-3)17(25-4)11-15(13)21(2)12-14/h9-12H,5-8H2,1-4H3/p+1. The molecule has 0 fully saturated rings. The molecule has 2 rings (SSSR count). The number of hydrogen-bond donors (Lipinski definition) is 1. The van der Waals surface area contributed by atoms with Crippen molar-refractivity contribution in [1.82, 2.24) is 5.32 Å². The number of pyridine rings is 1. The molecule has 1 N–H and O–H groups in total. The van der Waals surface area contributed by atoms with Crippen LogP contribution in [0.25, 0.3) is 10.9 Å². The minimum atomic E-state index is -0.250. The molecule has 0 atom stereocenters. The van der Waals surface area contributed by atoms with Crippen LogP contribution in [-0.2, 0) is 16.6 Å². The van der Waals surface area contributed by atoms with Crippen molar-refractivity contribution in [2.24, 2.45) is 7.05 Å². The van der Waals surface area contributed by atoms with E-state index in [-0.39, 0.29) is 18.3 Å². The van der Waals surface area contributed by atoms with Crippen molar-refractivity contribution in [3.05, 3.63) is 30.0 Å². The van der Waals surface area contributed by atoms with Gasteiger partial charge in [0.15, 0.2) is 17.7 Å². The fourth-order valence-corrected chi connectivity index (χ4v) is 2.68. The minimum Gasteiger partial charge on any atom is -0.493 e. The van der Waals surface area contributed by atoms with E-state index in [1.165, 1.54) is 0 Å². The van der Waals surface area contributed by atoms with Crippen LogP contribution in [0.15, 0.2) is 24.4 Å². The zero-order valence-electron chi connectivity index (χ0n) is 15.6. The van der Waals surface area contributed by atoms with Gasteiger partial charge in [-0.2, -0.15) is 0 Å². The Balaban J connectivity index is 2.11. The van der Waals surface area contributed by atoms with Gasteiger partial charge in [0.2, 0.25) is 5.52 Å². The van der Waals surface area contributed by atoms with Crippen LogP contribution in [0.2, 0.25) is 0 Å². The number of aryl methyl sites for hydroxylation is 1. The van der Waals surface area contributed by atoms with Crippen molar-refractivity contribution in [2.45, 2.75) is 19.8 Å². The monoisotopic (exact) mass is 361 g/mol. The van der Waals surface area contributed by atoms with Crippen molar-refractivity contribution < 1.29 is 28.4 Å². The summed E-state index contributed by atoms with van der Waals surface area (Å²) in [5.41, 5.74) is 1.45. The van der Waals surface area contributed by atoms with Crippen LogP contribution in [0.3, 0.4) is 0 Å². The summed E-state index contributed by atoms with van der Waals surface area (Å²) in [5, 5.41) is 3.69. The molecule has 140 valence electrons. The highest BCUT2D eigenvalue weighted by molar-refractivity contribution is 5.96. The quantitative estimate of drug-likeness (QED) is 0.440. The van der Waals surface area contributed by atoms with E-state index in [9.17, 15) is 9.59 Å². The van der Waals surface area contributed by atoms with E-state index in [0.29, 0.717) is 36.6 Å². The van der Waals surface area contributed by atoms with Crippen LogP contribution in [0, 0.1) is 0 Å². The lowest BCUT2D eigenvalue weighted by molar-refractivity contribution is -0.645. The molecule has 1 aromatic heterocycles. The lowest BCUT2D eigenvalue weighted by atomic mass is 10.1. The number of benzene rings is 1. The van der Waals surface area contributed by atoms with Gasteiger partial charge in [-0.05, 0) is 25.5 Å². The molecule has 7 nitrogen and oxygen atoms in total. The summed E-state index contributed by atoms with van der Waals surface area (Å²) in [5.74, 6) is 0.791. The summed E-state index contributed by atoms with van der Waals surface area (Å²) in [4.78, 5) is 23.7. The molecule has 0 aliphatic carbocycles. The Morgan fingerprint density at radius 2 is 1.81 bits per heavy atom. The zero-order valence-corrected chi connectivity index (χ0v) is 15.6. The molecule has 26 heavy (non-hydrogen) atoms. The van der Waals surface area contributed by atoms with Gasteiger partial charge in [-0.1, -0.05) is 0 Å². The highest BCUT2D eigenvalue weighted by atomic mass is 16.5. The first-order chi connectivity index (χ1) is 12.5. The molecule has 1 aromatic carbocycles. The predicted molar refractivity (Wildman–Crippen MR) is 96.4 cm³/mol. The van der Waals surface area contributed by atoms with Gasteiger partial charge >= 0.3 is 5.97 Å². The van der Waals surface area contributed by atoms with Crippen LogP contribution in [-0.4, -0.2) is 39.2 Å². The van der Waals surface area contributed by atoms with Gasteiger partial charge in [0.25, 0.3) is 5.91 Å². The van der Waals surface area contributed by atoms with E-state index in [1.807, 2.05) is 23.7 Å². The smallest absolute Gasteiger partial charge is 0.305 e. The number of nitrogens with one attached hydrogen (secondary N) is 1. The Morgan fingerprint density at radius 1 is 1.12 bits per heavy atom. The van der Waals surface area contributed by atoms with Crippen molar-refractivity contribution in [1.29, 1.82) is 0 Å². The van der Waals surface area contributed by atoms with E-state index in [1.54, 1.807) is 33.4 Å². The first-order valence-corrected chi connectivity index (χ1v) is 8.49. The fraction of sp³-hybridized carbons (Fsp3) is 0.421. The number of rotatable bonds is 8. The van der Waals surface area contributed by atoms with E-state index in [0.717, 1.165) is 10.9 Å². The molecule has 1 amide bonds. The highest BCUT2D eigenvalue weighted by Crippen LogP contribution is 2.30. The third-order valence-corrected chi connectivity index (χ3v) is 3.97. The summed E-state index contributed by atoms with van der Waals surface area (Å²) in [6, 6.07) is 5.51. The number of nitrogens with zero attached hydrogens (tertiary/aromatic N) is 1. The van der Waals surface area contributed by atoms with E-state index in [4.69, 9.17) is 14.2 Å². The van der Waals surface area contributed by atoms with Crippen molar-refractivity contribution >= 4 is 22.8 Å². The molecule has 0 aliphatic rings. The molecule has 0 aliphatic heterocycles. The first kappa shape index (κ1) is 19.5. The number of methoxy groups -OCH3 is 2. The van der Waals surface area contributed by atoms with Gasteiger partial charge in [-0.25, -0.2) is 4.57 Å². The summed E-state index contributed by atoms with van der Waals surface area (Å²) in [6.07, 6.45) is 2.58. The second-order valence-corrected chi connectivity index (χ2v) is 5.77. The molecular weight excluding hydrogens is 336 g/mol. The summed E-state index contributed by atoms with van der Waals surface area (Å²) in [7, 11) is 5.03. The number of fused-ring (bicyclic) bond motifs is 1. The number of hydrogen-bond acceptors (Lipinski definition) is 5. The topological polar surface area (TPSA) is 77.7 Å².